The number of rotatable bonds is 3. The van der Waals surface area contributed by atoms with Gasteiger partial charge in [0.2, 0.25) is 8.32 Å². The first-order valence-corrected chi connectivity index (χ1v) is 8.60. The molecule has 0 N–H and O–H groups in total. The van der Waals surface area contributed by atoms with Crippen molar-refractivity contribution < 1.29 is 9.32 Å². The van der Waals surface area contributed by atoms with Crippen molar-refractivity contribution in [3.8, 4) is 0 Å². The van der Waals surface area contributed by atoms with E-state index < -0.39 is 8.32 Å². The number of nitrogens with zero attached hydrogens (tertiary/aromatic N) is 1. The summed E-state index contributed by atoms with van der Waals surface area (Å²) in [7, 11) is -1.76. The molecule has 0 aromatic heterocycles. The summed E-state index contributed by atoms with van der Waals surface area (Å²) in [6, 6.07) is -0.0147. The van der Waals surface area contributed by atoms with Crippen LogP contribution in [-0.4, -0.2) is 32.3 Å². The molecule has 1 rings (SSSR count). The zero-order chi connectivity index (χ0) is 11.7. The Morgan fingerprint density at radius 2 is 2.00 bits per heavy atom. The van der Waals surface area contributed by atoms with Crippen molar-refractivity contribution in [3.63, 3.8) is 0 Å². The van der Waals surface area contributed by atoms with E-state index in [-0.39, 0.29) is 11.1 Å². The van der Waals surface area contributed by atoms with E-state index >= 15 is 0 Å². The maximum atomic E-state index is 10.8. The lowest BCUT2D eigenvalue weighted by Gasteiger charge is -2.39. The lowest BCUT2D eigenvalue weighted by molar-refractivity contribution is -0.127. The number of hydrogen-bond acceptors (Lipinski definition) is 3. The van der Waals surface area contributed by atoms with Crippen LogP contribution in [0.1, 0.15) is 33.6 Å². The first-order valence-electron chi connectivity index (χ1n) is 5.69. The molecule has 0 aromatic carbocycles. The van der Waals surface area contributed by atoms with Gasteiger partial charge in [-0.3, -0.25) is 0 Å². The standard InChI is InChI=1S/C11H23NO2Si/c1-11(2,3)15(4,5)14-12-8-6-7-10(12)9-13/h9-10H,6-8H2,1-5H3/t10-/m0/s1. The van der Waals surface area contributed by atoms with E-state index in [1.807, 2.05) is 5.06 Å². The highest BCUT2D eigenvalue weighted by Gasteiger charge is 2.41. The minimum Gasteiger partial charge on any atom is -0.342 e. The number of aldehydes is 1. The van der Waals surface area contributed by atoms with Crippen molar-refractivity contribution in [2.75, 3.05) is 6.54 Å². The summed E-state index contributed by atoms with van der Waals surface area (Å²) in [6.07, 6.45) is 3.02. The van der Waals surface area contributed by atoms with Gasteiger partial charge in [0.15, 0.2) is 0 Å². The molecule has 1 heterocycles. The Labute approximate surface area is 93.9 Å². The van der Waals surface area contributed by atoms with Gasteiger partial charge in [0.25, 0.3) is 0 Å². The average Bonchev–Trinajstić information content (AvgIpc) is 2.48. The second-order valence-electron chi connectivity index (χ2n) is 5.84. The number of carbonyl (C=O) groups is 1. The van der Waals surface area contributed by atoms with Crippen molar-refractivity contribution in [2.45, 2.75) is 57.8 Å². The van der Waals surface area contributed by atoms with Crippen LogP contribution in [0.5, 0.6) is 0 Å². The Kier molecular flexibility index (Phi) is 3.74. The van der Waals surface area contributed by atoms with Gasteiger partial charge in [-0.1, -0.05) is 20.8 Å². The van der Waals surface area contributed by atoms with E-state index in [0.717, 1.165) is 25.7 Å². The van der Waals surface area contributed by atoms with E-state index in [2.05, 4.69) is 33.9 Å². The van der Waals surface area contributed by atoms with Gasteiger partial charge in [0.1, 0.15) is 6.29 Å². The van der Waals surface area contributed by atoms with E-state index in [0.29, 0.717) is 0 Å². The molecule has 15 heavy (non-hydrogen) atoms. The fourth-order valence-electron chi connectivity index (χ4n) is 1.45. The first kappa shape index (κ1) is 12.9. The first-order chi connectivity index (χ1) is 6.78. The van der Waals surface area contributed by atoms with Crippen molar-refractivity contribution in [3.05, 3.63) is 0 Å². The minimum absolute atomic E-state index is 0.0147. The summed E-state index contributed by atoms with van der Waals surface area (Å²) >= 11 is 0. The zero-order valence-corrected chi connectivity index (χ0v) is 11.5. The average molecular weight is 229 g/mol. The third kappa shape index (κ3) is 2.89. The SMILES string of the molecule is CC(C)(C)[Si](C)(C)ON1CCC[C@H]1C=O. The van der Waals surface area contributed by atoms with Gasteiger partial charge in [-0.15, -0.1) is 0 Å². The number of hydroxylamine groups is 2. The Hall–Kier alpha value is -0.193. The van der Waals surface area contributed by atoms with Crippen LogP contribution in [0, 0.1) is 0 Å². The summed E-state index contributed by atoms with van der Waals surface area (Å²) in [5.41, 5.74) is 0. The molecule has 1 saturated heterocycles. The van der Waals surface area contributed by atoms with Crippen molar-refractivity contribution >= 4 is 14.6 Å². The van der Waals surface area contributed by atoms with Gasteiger partial charge >= 0.3 is 0 Å². The lowest BCUT2D eigenvalue weighted by atomic mass is 10.2. The maximum absolute atomic E-state index is 10.8. The molecule has 0 spiro atoms. The van der Waals surface area contributed by atoms with Crippen molar-refractivity contribution in [1.29, 1.82) is 0 Å². The molecule has 1 aliphatic heterocycles. The molecule has 3 nitrogen and oxygen atoms in total. The molecular weight excluding hydrogens is 206 g/mol. The summed E-state index contributed by atoms with van der Waals surface area (Å²) in [5.74, 6) is 0. The normalized spacial score (nSPS) is 24.5. The van der Waals surface area contributed by atoms with Gasteiger partial charge in [-0.2, -0.15) is 5.06 Å². The van der Waals surface area contributed by atoms with Crippen LogP contribution in [0.15, 0.2) is 0 Å². The van der Waals surface area contributed by atoms with E-state index in [1.165, 1.54) is 0 Å². The van der Waals surface area contributed by atoms with E-state index in [4.69, 9.17) is 4.53 Å². The smallest absolute Gasteiger partial charge is 0.220 e. The maximum Gasteiger partial charge on any atom is 0.220 e. The zero-order valence-electron chi connectivity index (χ0n) is 10.5. The van der Waals surface area contributed by atoms with Crippen LogP contribution in [0.25, 0.3) is 0 Å². The van der Waals surface area contributed by atoms with Crippen LogP contribution in [-0.2, 0) is 9.32 Å². The summed E-state index contributed by atoms with van der Waals surface area (Å²) in [6.45, 7) is 12.0. The Bertz CT molecular complexity index is 235. The second kappa shape index (κ2) is 4.35. The van der Waals surface area contributed by atoms with Gasteiger partial charge in [0.05, 0.1) is 6.04 Å². The third-order valence-electron chi connectivity index (χ3n) is 3.56. The highest BCUT2D eigenvalue weighted by atomic mass is 28.4. The predicted octanol–water partition coefficient (Wildman–Crippen LogP) is 2.59. The summed E-state index contributed by atoms with van der Waals surface area (Å²) in [4.78, 5) is 10.8. The fourth-order valence-corrected chi connectivity index (χ4v) is 2.53. The Balaban J connectivity index is 2.64. The molecular formula is C11H23NO2Si. The molecule has 0 saturated carbocycles. The van der Waals surface area contributed by atoms with Gasteiger partial charge in [-0.25, -0.2) is 0 Å². The number of carbonyl (C=O) groups excluding carboxylic acids is 1. The Morgan fingerprint density at radius 1 is 1.40 bits per heavy atom. The molecule has 0 aromatic rings. The predicted molar refractivity (Wildman–Crippen MR) is 64.1 cm³/mol. The summed E-state index contributed by atoms with van der Waals surface area (Å²) in [5, 5.41) is 2.10. The van der Waals surface area contributed by atoms with Crippen LogP contribution >= 0.6 is 0 Å². The molecule has 1 aliphatic rings. The van der Waals surface area contributed by atoms with Crippen LogP contribution in [0.2, 0.25) is 18.1 Å². The van der Waals surface area contributed by atoms with Crippen LogP contribution in [0.4, 0.5) is 0 Å². The monoisotopic (exact) mass is 229 g/mol. The molecule has 0 bridgehead atoms. The molecule has 1 atom stereocenters. The molecule has 1 fully saturated rings. The molecule has 0 amide bonds. The molecule has 4 heteroatoms. The Morgan fingerprint density at radius 3 is 2.47 bits per heavy atom. The fraction of sp³-hybridized carbons (Fsp3) is 0.909. The topological polar surface area (TPSA) is 29.5 Å². The quantitative estimate of drug-likeness (QED) is 0.550. The lowest BCUT2D eigenvalue weighted by Crippen LogP contribution is -2.48. The third-order valence-corrected chi connectivity index (χ3v) is 7.86. The van der Waals surface area contributed by atoms with Gasteiger partial charge in [-0.05, 0) is 31.0 Å². The minimum atomic E-state index is -1.76. The molecule has 0 aliphatic carbocycles. The highest BCUT2D eigenvalue weighted by molar-refractivity contribution is 6.74. The van der Waals surface area contributed by atoms with E-state index in [1.54, 1.807) is 0 Å². The van der Waals surface area contributed by atoms with Crippen LogP contribution < -0.4 is 0 Å². The van der Waals surface area contributed by atoms with Crippen molar-refractivity contribution in [1.82, 2.24) is 5.06 Å². The van der Waals surface area contributed by atoms with Crippen molar-refractivity contribution in [2.24, 2.45) is 0 Å². The van der Waals surface area contributed by atoms with E-state index in [9.17, 15) is 4.79 Å². The molecule has 0 radical (unpaired) electrons. The second-order valence-corrected chi connectivity index (χ2v) is 10.5. The number of hydrogen-bond donors (Lipinski definition) is 0. The van der Waals surface area contributed by atoms with Crippen LogP contribution in [0.3, 0.4) is 0 Å². The molecule has 88 valence electrons. The van der Waals surface area contributed by atoms with Gasteiger partial charge in [0, 0.05) is 6.54 Å². The van der Waals surface area contributed by atoms with Gasteiger partial charge < -0.3 is 9.32 Å². The summed E-state index contributed by atoms with van der Waals surface area (Å²) < 4.78 is 6.11. The largest absolute Gasteiger partial charge is 0.342 e. The highest BCUT2D eigenvalue weighted by Crippen LogP contribution is 2.38. The molecule has 0 unspecified atom stereocenters.